The van der Waals surface area contributed by atoms with Gasteiger partial charge in [0.1, 0.15) is 28.0 Å². The van der Waals surface area contributed by atoms with Crippen LogP contribution in [0.4, 0.5) is 25.3 Å². The molecule has 4 aromatic rings. The Hall–Kier alpha value is -3.65. The van der Waals surface area contributed by atoms with Gasteiger partial charge in [-0.2, -0.15) is 5.26 Å². The lowest BCUT2D eigenvalue weighted by molar-refractivity contribution is 0.235. The fourth-order valence-corrected chi connectivity index (χ4v) is 6.12. The second-order valence-electron chi connectivity index (χ2n) is 9.98. The number of fused-ring (bicyclic) bond motifs is 1. The second kappa shape index (κ2) is 10.5. The van der Waals surface area contributed by atoms with Gasteiger partial charge in [0.05, 0.1) is 12.3 Å². The molecular weight excluding hydrogens is 518 g/mol. The average molecular weight is 547 g/mol. The Morgan fingerprint density at radius 3 is 2.67 bits per heavy atom. The molecule has 2 N–H and O–H groups in total. The van der Waals surface area contributed by atoms with E-state index in [9.17, 15) is 14.8 Å². The van der Waals surface area contributed by atoms with Gasteiger partial charge in [0.2, 0.25) is 0 Å². The van der Waals surface area contributed by atoms with E-state index < -0.39 is 0 Å². The Labute approximate surface area is 229 Å². The van der Waals surface area contributed by atoms with Crippen LogP contribution in [0.15, 0.2) is 42.5 Å². The summed E-state index contributed by atoms with van der Waals surface area (Å²) >= 11 is 1.26. The fourth-order valence-electron chi connectivity index (χ4n) is 5.16. The Balaban J connectivity index is 1.49. The Bertz CT molecular complexity index is 1560. The number of rotatable bonds is 7. The van der Waals surface area contributed by atoms with E-state index in [2.05, 4.69) is 16.3 Å². The first kappa shape index (κ1) is 25.6. The number of aliphatic hydroxyl groups is 1. The molecule has 1 aliphatic heterocycles. The molecule has 10 heteroatoms. The quantitative estimate of drug-likeness (QED) is 0.325. The number of aromatic nitrogens is 2. The molecule has 3 heterocycles. The number of pyridine rings is 1. The number of hydrogen-bond donors (Lipinski definition) is 2. The first-order valence-corrected chi connectivity index (χ1v) is 14.0. The molecule has 1 saturated heterocycles. The van der Waals surface area contributed by atoms with Gasteiger partial charge >= 0.3 is 0 Å². The van der Waals surface area contributed by atoms with Crippen LogP contribution in [-0.4, -0.2) is 53.9 Å². The van der Waals surface area contributed by atoms with Crippen molar-refractivity contribution in [1.82, 2.24) is 15.3 Å². The molecule has 1 saturated carbocycles. The third kappa shape index (κ3) is 4.93. The standard InChI is InChI=1S/C29H28F2N6OS/c1-2-37(29-35-27(26(14-32)39-29)18-5-7-19(30)8-6-18)25-13-24(17-3-4-17)34-28-22(25)11-21(12-23(28)31)36-10-9-33-20(15-36)16-38/h5-8,11-13,17,20,33,38H,2-4,9-10,15-16H2,1H3. The lowest BCUT2D eigenvalue weighted by atomic mass is 10.1. The predicted molar refractivity (Wildman–Crippen MR) is 150 cm³/mol. The lowest BCUT2D eigenvalue weighted by Crippen LogP contribution is -2.52. The summed E-state index contributed by atoms with van der Waals surface area (Å²) < 4.78 is 29.3. The van der Waals surface area contributed by atoms with Crippen LogP contribution in [0.2, 0.25) is 0 Å². The van der Waals surface area contributed by atoms with Crippen molar-refractivity contribution in [1.29, 1.82) is 5.26 Å². The molecule has 2 fully saturated rings. The van der Waals surface area contributed by atoms with Crippen molar-refractivity contribution in [2.75, 3.05) is 42.6 Å². The highest BCUT2D eigenvalue weighted by atomic mass is 32.1. The predicted octanol–water partition coefficient (Wildman–Crippen LogP) is 5.31. The molecule has 0 amide bonds. The average Bonchev–Trinajstić information content (AvgIpc) is 3.73. The summed E-state index contributed by atoms with van der Waals surface area (Å²) in [6.07, 6.45) is 2.05. The summed E-state index contributed by atoms with van der Waals surface area (Å²) in [6, 6.07) is 13.6. The van der Waals surface area contributed by atoms with Gasteiger partial charge in [-0.1, -0.05) is 11.3 Å². The third-order valence-electron chi connectivity index (χ3n) is 7.36. The van der Waals surface area contributed by atoms with Crippen LogP contribution in [0.1, 0.15) is 36.3 Å². The maximum absolute atomic E-state index is 15.7. The highest BCUT2D eigenvalue weighted by molar-refractivity contribution is 7.16. The molecule has 6 rings (SSSR count). The first-order chi connectivity index (χ1) is 19.0. The van der Waals surface area contributed by atoms with Gasteiger partial charge in [-0.3, -0.25) is 0 Å². The minimum absolute atomic E-state index is 0.00932. The van der Waals surface area contributed by atoms with Crippen LogP contribution in [0, 0.1) is 23.0 Å². The molecule has 0 spiro atoms. The normalized spacial score (nSPS) is 17.4. The van der Waals surface area contributed by atoms with E-state index in [4.69, 9.17) is 9.97 Å². The summed E-state index contributed by atoms with van der Waals surface area (Å²) in [4.78, 5) is 14.1. The number of nitrogens with one attached hydrogen (secondary N) is 1. The van der Waals surface area contributed by atoms with E-state index in [0.29, 0.717) is 64.3 Å². The third-order valence-corrected chi connectivity index (χ3v) is 8.34. The SMILES string of the molecule is CCN(c1nc(-c2ccc(F)cc2)c(C#N)s1)c1cc(C2CC2)nc2c(F)cc(N3CCNC(CO)C3)cc12. The Morgan fingerprint density at radius 1 is 1.18 bits per heavy atom. The zero-order chi connectivity index (χ0) is 27.1. The number of halogens is 2. The van der Waals surface area contributed by atoms with E-state index in [0.717, 1.165) is 29.9 Å². The fraction of sp³-hybridized carbons (Fsp3) is 0.345. The number of nitriles is 1. The zero-order valence-electron chi connectivity index (χ0n) is 21.5. The molecule has 0 bridgehead atoms. The highest BCUT2D eigenvalue weighted by Gasteiger charge is 2.29. The number of benzene rings is 2. The second-order valence-corrected chi connectivity index (χ2v) is 11.0. The van der Waals surface area contributed by atoms with Crippen LogP contribution in [0.25, 0.3) is 22.2 Å². The summed E-state index contributed by atoms with van der Waals surface area (Å²) in [5.74, 6) is -0.429. The topological polar surface area (TPSA) is 88.3 Å². The number of aliphatic hydroxyl groups excluding tert-OH is 1. The summed E-state index contributed by atoms with van der Waals surface area (Å²) in [5, 5.41) is 24.1. The zero-order valence-corrected chi connectivity index (χ0v) is 22.3. The lowest BCUT2D eigenvalue weighted by Gasteiger charge is -2.35. The van der Waals surface area contributed by atoms with Crippen LogP contribution >= 0.6 is 11.3 Å². The Kier molecular flexibility index (Phi) is 6.89. The van der Waals surface area contributed by atoms with Gasteiger partial charge in [-0.25, -0.2) is 18.7 Å². The van der Waals surface area contributed by atoms with Gasteiger partial charge in [0, 0.05) is 60.5 Å². The largest absolute Gasteiger partial charge is 0.395 e. The maximum atomic E-state index is 15.7. The van der Waals surface area contributed by atoms with Gasteiger partial charge in [-0.15, -0.1) is 0 Å². The van der Waals surface area contributed by atoms with Crippen molar-refractivity contribution in [3.8, 4) is 17.3 Å². The van der Waals surface area contributed by atoms with Crippen molar-refractivity contribution in [3.05, 3.63) is 64.7 Å². The molecule has 2 aliphatic rings. The highest BCUT2D eigenvalue weighted by Crippen LogP contribution is 2.45. The summed E-state index contributed by atoms with van der Waals surface area (Å²) in [5.41, 5.74) is 3.88. The molecule has 2 aromatic heterocycles. The van der Waals surface area contributed by atoms with Crippen LogP contribution < -0.4 is 15.1 Å². The molecule has 200 valence electrons. The molecule has 1 atom stereocenters. The number of hydrogen-bond acceptors (Lipinski definition) is 8. The van der Waals surface area contributed by atoms with Gasteiger partial charge < -0.3 is 20.2 Å². The first-order valence-electron chi connectivity index (χ1n) is 13.2. The molecule has 1 unspecified atom stereocenters. The van der Waals surface area contributed by atoms with E-state index in [-0.39, 0.29) is 24.3 Å². The molecule has 39 heavy (non-hydrogen) atoms. The minimum Gasteiger partial charge on any atom is -0.395 e. The van der Waals surface area contributed by atoms with E-state index in [1.165, 1.54) is 29.5 Å². The molecule has 7 nitrogen and oxygen atoms in total. The van der Waals surface area contributed by atoms with E-state index in [1.807, 2.05) is 24.0 Å². The van der Waals surface area contributed by atoms with Crippen molar-refractivity contribution < 1.29 is 13.9 Å². The van der Waals surface area contributed by atoms with Crippen LogP contribution in [0.5, 0.6) is 0 Å². The molecule has 2 aromatic carbocycles. The monoisotopic (exact) mass is 546 g/mol. The van der Waals surface area contributed by atoms with Crippen LogP contribution in [-0.2, 0) is 0 Å². The van der Waals surface area contributed by atoms with E-state index >= 15 is 4.39 Å². The number of thiazole rings is 1. The maximum Gasteiger partial charge on any atom is 0.191 e. The summed E-state index contributed by atoms with van der Waals surface area (Å²) in [6.45, 7) is 4.50. The van der Waals surface area contributed by atoms with Crippen molar-refractivity contribution in [3.63, 3.8) is 0 Å². The van der Waals surface area contributed by atoms with Crippen LogP contribution in [0.3, 0.4) is 0 Å². The smallest absolute Gasteiger partial charge is 0.191 e. The van der Waals surface area contributed by atoms with E-state index in [1.54, 1.807) is 12.1 Å². The van der Waals surface area contributed by atoms with Gasteiger partial charge in [-0.05, 0) is 62.2 Å². The molecule has 0 radical (unpaired) electrons. The minimum atomic E-state index is -0.384. The van der Waals surface area contributed by atoms with Gasteiger partial charge in [0.25, 0.3) is 0 Å². The molecule has 1 aliphatic carbocycles. The number of nitrogens with zero attached hydrogens (tertiary/aromatic N) is 5. The Morgan fingerprint density at radius 2 is 1.97 bits per heavy atom. The van der Waals surface area contributed by atoms with Crippen molar-refractivity contribution in [2.24, 2.45) is 0 Å². The van der Waals surface area contributed by atoms with Crippen molar-refractivity contribution >= 4 is 38.7 Å². The number of piperazine rings is 1. The summed E-state index contributed by atoms with van der Waals surface area (Å²) in [7, 11) is 0. The number of anilines is 3. The molecular formula is C29H28F2N6OS. The van der Waals surface area contributed by atoms with Gasteiger partial charge in [0.15, 0.2) is 10.9 Å². The van der Waals surface area contributed by atoms with Crippen molar-refractivity contribution in [2.45, 2.75) is 31.7 Å².